The Morgan fingerprint density at radius 2 is 2.21 bits per heavy atom. The number of carbonyl (C=O) groups excluding carboxylic acids is 1. The molecule has 0 aliphatic carbocycles. The van der Waals surface area contributed by atoms with Gasteiger partial charge in [0.15, 0.2) is 0 Å². The Kier molecular flexibility index (Phi) is 9.62. The summed E-state index contributed by atoms with van der Waals surface area (Å²) in [6, 6.07) is 7.77. The van der Waals surface area contributed by atoms with E-state index in [0.29, 0.717) is 25.4 Å². The summed E-state index contributed by atoms with van der Waals surface area (Å²) in [5, 5.41) is 12.3. The van der Waals surface area contributed by atoms with E-state index < -0.39 is 6.10 Å². The summed E-state index contributed by atoms with van der Waals surface area (Å²) >= 11 is 1.68. The lowest BCUT2D eigenvalue weighted by Gasteiger charge is -2.37. The number of nitrogens with zero attached hydrogens (tertiary/aromatic N) is 2. The summed E-state index contributed by atoms with van der Waals surface area (Å²) in [7, 11) is 0. The van der Waals surface area contributed by atoms with E-state index >= 15 is 0 Å². The Morgan fingerprint density at radius 1 is 1.36 bits per heavy atom. The van der Waals surface area contributed by atoms with Gasteiger partial charge in [0.25, 0.3) is 0 Å². The molecule has 178 valence electrons. The van der Waals surface area contributed by atoms with Gasteiger partial charge in [-0.15, -0.1) is 24.5 Å². The molecule has 3 rings (SSSR count). The summed E-state index contributed by atoms with van der Waals surface area (Å²) < 4.78 is 24.8. The van der Waals surface area contributed by atoms with Gasteiger partial charge in [0.2, 0.25) is 5.91 Å². The fourth-order valence-corrected chi connectivity index (χ4v) is 4.84. The molecule has 1 amide bonds. The average Bonchev–Trinajstić information content (AvgIpc) is 3.27. The first-order chi connectivity index (χ1) is 16.0. The normalized spacial score (nSPS) is 16.3. The van der Waals surface area contributed by atoms with Crippen molar-refractivity contribution >= 4 is 17.2 Å². The van der Waals surface area contributed by atoms with Crippen molar-refractivity contribution < 1.29 is 23.8 Å². The number of amides is 1. The summed E-state index contributed by atoms with van der Waals surface area (Å²) in [6.07, 6.45) is 3.39. The molecule has 0 unspecified atom stereocenters. The Hall–Kier alpha value is -2.52. The van der Waals surface area contributed by atoms with Crippen molar-refractivity contribution in [2.45, 2.75) is 18.6 Å². The zero-order valence-corrected chi connectivity index (χ0v) is 19.5. The molecule has 1 aliphatic rings. The van der Waals surface area contributed by atoms with Gasteiger partial charge in [-0.1, -0.05) is 18.2 Å². The van der Waals surface area contributed by atoms with Crippen molar-refractivity contribution in [1.82, 2.24) is 9.80 Å². The van der Waals surface area contributed by atoms with E-state index in [1.54, 1.807) is 35.6 Å². The van der Waals surface area contributed by atoms with Crippen LogP contribution in [0.2, 0.25) is 0 Å². The quantitative estimate of drug-likeness (QED) is 0.356. The minimum Gasteiger partial charge on any atom is -0.491 e. The number of fused-ring (bicyclic) bond motifs is 1. The van der Waals surface area contributed by atoms with E-state index in [1.807, 2.05) is 21.2 Å². The Balaban J connectivity index is 1.67. The van der Waals surface area contributed by atoms with E-state index in [-0.39, 0.29) is 44.1 Å². The Bertz CT molecular complexity index is 935. The zero-order chi connectivity index (χ0) is 23.6. The van der Waals surface area contributed by atoms with Gasteiger partial charge >= 0.3 is 0 Å². The molecule has 0 saturated heterocycles. The Labute approximate surface area is 198 Å². The number of halogens is 1. The molecule has 0 bridgehead atoms. The third-order valence-corrected chi connectivity index (χ3v) is 6.38. The number of aliphatic hydroxyl groups is 1. The molecular weight excluding hydrogens is 443 g/mol. The van der Waals surface area contributed by atoms with E-state index in [2.05, 4.69) is 13.2 Å². The number of ether oxygens (including phenoxy) is 2. The Morgan fingerprint density at radius 3 is 2.97 bits per heavy atom. The maximum Gasteiger partial charge on any atom is 0.237 e. The molecule has 0 spiro atoms. The molecule has 8 heteroatoms. The van der Waals surface area contributed by atoms with Gasteiger partial charge in [0.05, 0.1) is 31.9 Å². The SMILES string of the molecule is C=CCOC[C@@H](O)CN(CC=C)CC(=O)N1CCc2sccc2[C@H]1COc1cccc(F)c1. The van der Waals surface area contributed by atoms with Crippen LogP contribution >= 0.6 is 11.3 Å². The number of carbonyl (C=O) groups is 1. The van der Waals surface area contributed by atoms with Crippen molar-refractivity contribution in [3.63, 3.8) is 0 Å². The average molecular weight is 475 g/mol. The van der Waals surface area contributed by atoms with Crippen molar-refractivity contribution in [2.24, 2.45) is 0 Å². The topological polar surface area (TPSA) is 62.2 Å². The smallest absolute Gasteiger partial charge is 0.237 e. The highest BCUT2D eigenvalue weighted by Gasteiger charge is 2.33. The molecule has 6 nitrogen and oxygen atoms in total. The summed E-state index contributed by atoms with van der Waals surface area (Å²) in [5.41, 5.74) is 1.07. The number of thiophene rings is 1. The summed E-state index contributed by atoms with van der Waals surface area (Å²) in [4.78, 5) is 18.3. The maximum absolute atomic E-state index is 13.6. The first-order valence-corrected chi connectivity index (χ1v) is 11.8. The number of benzene rings is 1. The van der Waals surface area contributed by atoms with Crippen molar-refractivity contribution in [1.29, 1.82) is 0 Å². The van der Waals surface area contributed by atoms with Crippen LogP contribution in [0.1, 0.15) is 16.5 Å². The number of rotatable bonds is 13. The van der Waals surface area contributed by atoms with Crippen LogP contribution < -0.4 is 4.74 Å². The fraction of sp³-hybridized carbons (Fsp3) is 0.400. The van der Waals surface area contributed by atoms with Crippen LogP contribution in [-0.4, -0.2) is 72.9 Å². The second kappa shape index (κ2) is 12.6. The van der Waals surface area contributed by atoms with Crippen LogP contribution in [0.5, 0.6) is 5.75 Å². The predicted octanol–water partition coefficient (Wildman–Crippen LogP) is 3.44. The molecule has 0 saturated carbocycles. The lowest BCUT2D eigenvalue weighted by Crippen LogP contribution is -2.48. The molecule has 33 heavy (non-hydrogen) atoms. The minimum atomic E-state index is -0.727. The number of hydrogen-bond donors (Lipinski definition) is 1. The van der Waals surface area contributed by atoms with Crippen LogP contribution in [0.4, 0.5) is 4.39 Å². The van der Waals surface area contributed by atoms with Gasteiger partial charge < -0.3 is 19.5 Å². The largest absolute Gasteiger partial charge is 0.491 e. The molecule has 2 heterocycles. The first-order valence-electron chi connectivity index (χ1n) is 11.0. The monoisotopic (exact) mass is 474 g/mol. The van der Waals surface area contributed by atoms with Crippen LogP contribution in [0, 0.1) is 5.82 Å². The molecular formula is C25H31FN2O4S. The summed E-state index contributed by atoms with van der Waals surface area (Å²) in [5.74, 6) is 0.0115. The highest BCUT2D eigenvalue weighted by molar-refractivity contribution is 7.10. The minimum absolute atomic E-state index is 0.0549. The lowest BCUT2D eigenvalue weighted by molar-refractivity contribution is -0.136. The highest BCUT2D eigenvalue weighted by Crippen LogP contribution is 2.34. The molecule has 0 radical (unpaired) electrons. The third kappa shape index (κ3) is 7.23. The first kappa shape index (κ1) is 25.1. The van der Waals surface area contributed by atoms with Crippen molar-refractivity contribution in [3.8, 4) is 5.75 Å². The number of hydrogen-bond acceptors (Lipinski definition) is 6. The third-order valence-electron chi connectivity index (χ3n) is 5.38. The van der Waals surface area contributed by atoms with Gasteiger partial charge in [-0.2, -0.15) is 0 Å². The molecule has 1 aromatic heterocycles. The fourth-order valence-electron chi connectivity index (χ4n) is 3.91. The van der Waals surface area contributed by atoms with Gasteiger partial charge in [0.1, 0.15) is 18.2 Å². The van der Waals surface area contributed by atoms with Gasteiger partial charge in [-0.3, -0.25) is 9.69 Å². The molecule has 2 atom stereocenters. The van der Waals surface area contributed by atoms with Gasteiger partial charge in [-0.25, -0.2) is 4.39 Å². The van der Waals surface area contributed by atoms with Crippen LogP contribution in [0.3, 0.4) is 0 Å². The second-order valence-corrected chi connectivity index (χ2v) is 8.88. The van der Waals surface area contributed by atoms with E-state index in [4.69, 9.17) is 9.47 Å². The molecule has 2 aromatic rings. The number of aliphatic hydroxyl groups excluding tert-OH is 1. The zero-order valence-electron chi connectivity index (χ0n) is 18.7. The van der Waals surface area contributed by atoms with Gasteiger partial charge in [-0.05, 0) is 35.6 Å². The van der Waals surface area contributed by atoms with Crippen molar-refractivity contribution in [2.75, 3.05) is 46.0 Å². The molecule has 1 aliphatic heterocycles. The van der Waals surface area contributed by atoms with E-state index in [1.165, 1.54) is 17.0 Å². The van der Waals surface area contributed by atoms with Gasteiger partial charge in [0, 0.05) is 30.6 Å². The van der Waals surface area contributed by atoms with Crippen LogP contribution in [0.25, 0.3) is 0 Å². The lowest BCUT2D eigenvalue weighted by atomic mass is 10.0. The predicted molar refractivity (Wildman–Crippen MR) is 128 cm³/mol. The van der Waals surface area contributed by atoms with Crippen LogP contribution in [0.15, 0.2) is 61.0 Å². The maximum atomic E-state index is 13.6. The molecule has 1 aromatic carbocycles. The van der Waals surface area contributed by atoms with Crippen LogP contribution in [-0.2, 0) is 16.0 Å². The standard InChI is InChI=1S/C25H31FN2O4S/c1-3-10-27(15-20(29)17-31-12-4-2)16-25(30)28-11-8-24-22(9-13-33-24)23(28)18-32-21-7-5-6-19(26)14-21/h3-7,9,13-14,20,23,29H,1-2,8,10-12,15-18H2/t20-,23+/m0/s1. The molecule has 1 N–H and O–H groups in total. The van der Waals surface area contributed by atoms with E-state index in [9.17, 15) is 14.3 Å². The molecule has 0 fully saturated rings. The second-order valence-electron chi connectivity index (χ2n) is 7.88. The summed E-state index contributed by atoms with van der Waals surface area (Å²) in [6.45, 7) is 9.59. The van der Waals surface area contributed by atoms with E-state index in [0.717, 1.165) is 12.0 Å². The van der Waals surface area contributed by atoms with Crippen molar-refractivity contribution in [3.05, 3.63) is 77.3 Å². The highest BCUT2D eigenvalue weighted by atomic mass is 32.1.